The number of amides is 1. The fourth-order valence-corrected chi connectivity index (χ4v) is 4.85. The monoisotopic (exact) mass is 446 g/mol. The quantitative estimate of drug-likeness (QED) is 0.535. The molecule has 1 amide bonds. The summed E-state index contributed by atoms with van der Waals surface area (Å²) in [5, 5.41) is 16.8. The van der Waals surface area contributed by atoms with Gasteiger partial charge < -0.3 is 15.2 Å². The lowest BCUT2D eigenvalue weighted by Gasteiger charge is -2.51. The van der Waals surface area contributed by atoms with E-state index in [9.17, 15) is 14.3 Å². The molecule has 3 saturated carbocycles. The number of carbonyl (C=O) groups is 1. The van der Waals surface area contributed by atoms with E-state index in [0.717, 1.165) is 18.4 Å². The lowest BCUT2D eigenvalue weighted by Crippen LogP contribution is -2.57. The molecule has 7 heteroatoms. The molecule has 5 nitrogen and oxygen atoms in total. The molecule has 3 aliphatic carbocycles. The van der Waals surface area contributed by atoms with Gasteiger partial charge in [0.1, 0.15) is 24.4 Å². The topological polar surface area (TPSA) is 70.6 Å². The SMILES string of the molecule is CC(NC(=O)C1CC(NC(O)COc2ccc(Cl)c(F)c2)C2CC1C2)c1ccccc1. The summed E-state index contributed by atoms with van der Waals surface area (Å²) in [6, 6.07) is 14.1. The number of aliphatic hydroxyl groups excluding tert-OH is 1. The average molecular weight is 447 g/mol. The van der Waals surface area contributed by atoms with Gasteiger partial charge in [0.25, 0.3) is 0 Å². The number of ether oxygens (including phenoxy) is 1. The van der Waals surface area contributed by atoms with Gasteiger partial charge in [-0.1, -0.05) is 41.9 Å². The summed E-state index contributed by atoms with van der Waals surface area (Å²) in [6.07, 6.45) is 1.76. The molecule has 5 rings (SSSR count). The summed E-state index contributed by atoms with van der Waals surface area (Å²) in [4.78, 5) is 12.9. The van der Waals surface area contributed by atoms with Gasteiger partial charge in [-0.3, -0.25) is 10.1 Å². The fourth-order valence-electron chi connectivity index (χ4n) is 4.73. The summed E-state index contributed by atoms with van der Waals surface area (Å²) in [5.74, 6) is 0.635. The van der Waals surface area contributed by atoms with Gasteiger partial charge in [0, 0.05) is 18.0 Å². The minimum absolute atomic E-state index is 0.0182. The first kappa shape index (κ1) is 22.1. The largest absolute Gasteiger partial charge is 0.489 e. The molecule has 4 unspecified atom stereocenters. The van der Waals surface area contributed by atoms with E-state index in [1.165, 1.54) is 12.1 Å². The molecule has 2 aromatic rings. The summed E-state index contributed by atoms with van der Waals surface area (Å²) < 4.78 is 19.0. The van der Waals surface area contributed by atoms with Gasteiger partial charge in [-0.15, -0.1) is 0 Å². The predicted molar refractivity (Wildman–Crippen MR) is 117 cm³/mol. The molecular weight excluding hydrogens is 419 g/mol. The third-order valence-corrected chi connectivity index (χ3v) is 6.86. The molecular formula is C24H28ClFN2O3. The standard InChI is InChI=1S/C24H28ClFN2O3/c1-14(15-5-3-2-4-6-15)27-24(30)19-12-22(17-9-16(19)10-17)28-23(29)13-31-18-7-8-20(25)21(26)11-18/h2-8,11,14,16-17,19,22-23,28-29H,9-10,12-13H2,1H3,(H,27,30). The second kappa shape index (κ2) is 9.55. The number of halogens is 2. The van der Waals surface area contributed by atoms with Crippen LogP contribution in [0.1, 0.15) is 37.8 Å². The smallest absolute Gasteiger partial charge is 0.223 e. The number of benzene rings is 2. The Kier molecular flexibility index (Phi) is 6.80. The van der Waals surface area contributed by atoms with Crippen LogP contribution in [0.25, 0.3) is 0 Å². The molecule has 4 atom stereocenters. The Morgan fingerprint density at radius 2 is 1.94 bits per heavy atom. The highest BCUT2D eigenvalue weighted by molar-refractivity contribution is 6.30. The Bertz CT molecular complexity index is 907. The van der Waals surface area contributed by atoms with E-state index >= 15 is 0 Å². The van der Waals surface area contributed by atoms with Crippen molar-refractivity contribution >= 4 is 17.5 Å². The van der Waals surface area contributed by atoms with Gasteiger partial charge in [0.05, 0.1) is 11.1 Å². The second-order valence-electron chi connectivity index (χ2n) is 8.65. The number of carbonyl (C=O) groups excluding carboxylic acids is 1. The van der Waals surface area contributed by atoms with Crippen LogP contribution in [-0.4, -0.2) is 29.9 Å². The molecule has 2 bridgehead atoms. The molecule has 0 spiro atoms. The van der Waals surface area contributed by atoms with Gasteiger partial charge in [0.2, 0.25) is 5.91 Å². The first-order valence-corrected chi connectivity index (χ1v) is 11.2. The van der Waals surface area contributed by atoms with Crippen LogP contribution in [0.3, 0.4) is 0 Å². The zero-order chi connectivity index (χ0) is 22.0. The van der Waals surface area contributed by atoms with Crippen molar-refractivity contribution in [3.63, 3.8) is 0 Å². The maximum absolute atomic E-state index is 13.5. The van der Waals surface area contributed by atoms with Crippen LogP contribution in [0.5, 0.6) is 5.75 Å². The van der Waals surface area contributed by atoms with E-state index in [4.69, 9.17) is 16.3 Å². The van der Waals surface area contributed by atoms with E-state index in [0.29, 0.717) is 24.0 Å². The average Bonchev–Trinajstić information content (AvgIpc) is 2.74. The maximum atomic E-state index is 13.5. The van der Waals surface area contributed by atoms with Crippen molar-refractivity contribution in [2.75, 3.05) is 6.61 Å². The molecule has 166 valence electrons. The minimum atomic E-state index is -0.909. The third-order valence-electron chi connectivity index (χ3n) is 6.56. The van der Waals surface area contributed by atoms with E-state index in [1.54, 1.807) is 6.07 Å². The molecule has 2 aromatic carbocycles. The van der Waals surface area contributed by atoms with Gasteiger partial charge in [0.15, 0.2) is 0 Å². The maximum Gasteiger partial charge on any atom is 0.223 e. The van der Waals surface area contributed by atoms with Crippen molar-refractivity contribution in [1.29, 1.82) is 0 Å². The van der Waals surface area contributed by atoms with E-state index < -0.39 is 12.0 Å². The Morgan fingerprint density at radius 1 is 1.19 bits per heavy atom. The van der Waals surface area contributed by atoms with Gasteiger partial charge in [-0.05, 0) is 55.7 Å². The van der Waals surface area contributed by atoms with Gasteiger partial charge >= 0.3 is 0 Å². The number of hydrogen-bond acceptors (Lipinski definition) is 4. The fraction of sp³-hybridized carbons (Fsp3) is 0.458. The number of aliphatic hydroxyl groups is 1. The molecule has 3 fully saturated rings. The van der Waals surface area contributed by atoms with Crippen molar-refractivity contribution in [1.82, 2.24) is 10.6 Å². The molecule has 3 aliphatic rings. The minimum Gasteiger partial charge on any atom is -0.489 e. The third kappa shape index (κ3) is 5.20. The molecule has 3 N–H and O–H groups in total. The summed E-state index contributed by atoms with van der Waals surface area (Å²) in [5.41, 5.74) is 1.08. The normalized spacial score (nSPS) is 26.5. The van der Waals surface area contributed by atoms with Crippen LogP contribution < -0.4 is 15.4 Å². The molecule has 0 heterocycles. The van der Waals surface area contributed by atoms with Crippen molar-refractivity contribution in [2.45, 2.75) is 44.5 Å². The summed E-state index contributed by atoms with van der Waals surface area (Å²) >= 11 is 5.67. The molecule has 0 saturated heterocycles. The number of hydrogen-bond donors (Lipinski definition) is 3. The Labute approximate surface area is 186 Å². The van der Waals surface area contributed by atoms with Gasteiger partial charge in [-0.25, -0.2) is 4.39 Å². The van der Waals surface area contributed by atoms with Crippen LogP contribution in [0.15, 0.2) is 48.5 Å². The summed E-state index contributed by atoms with van der Waals surface area (Å²) in [7, 11) is 0. The lowest BCUT2D eigenvalue weighted by atomic mass is 9.57. The van der Waals surface area contributed by atoms with Crippen LogP contribution in [-0.2, 0) is 4.79 Å². The molecule has 0 aromatic heterocycles. The number of fused-ring (bicyclic) bond motifs is 2. The van der Waals surface area contributed by atoms with Crippen molar-refractivity contribution in [3.8, 4) is 5.75 Å². The van der Waals surface area contributed by atoms with Crippen molar-refractivity contribution in [2.24, 2.45) is 17.8 Å². The second-order valence-corrected chi connectivity index (χ2v) is 9.06. The Hall–Kier alpha value is -2.15. The predicted octanol–water partition coefficient (Wildman–Crippen LogP) is 4.06. The summed E-state index contributed by atoms with van der Waals surface area (Å²) in [6.45, 7) is 1.98. The highest BCUT2D eigenvalue weighted by atomic mass is 35.5. The number of rotatable bonds is 8. The van der Waals surface area contributed by atoms with Crippen molar-refractivity contribution in [3.05, 3.63) is 64.9 Å². The zero-order valence-electron chi connectivity index (χ0n) is 17.4. The molecule has 31 heavy (non-hydrogen) atoms. The zero-order valence-corrected chi connectivity index (χ0v) is 18.2. The van der Waals surface area contributed by atoms with E-state index in [-0.39, 0.29) is 35.5 Å². The van der Waals surface area contributed by atoms with E-state index in [2.05, 4.69) is 10.6 Å². The number of nitrogens with one attached hydrogen (secondary N) is 2. The molecule has 0 radical (unpaired) electrons. The van der Waals surface area contributed by atoms with Crippen LogP contribution >= 0.6 is 11.6 Å². The van der Waals surface area contributed by atoms with Crippen LogP contribution in [0.4, 0.5) is 4.39 Å². The first-order valence-electron chi connectivity index (χ1n) is 10.8. The van der Waals surface area contributed by atoms with Crippen LogP contribution in [0, 0.1) is 23.6 Å². The van der Waals surface area contributed by atoms with E-state index in [1.807, 2.05) is 37.3 Å². The van der Waals surface area contributed by atoms with Gasteiger partial charge in [-0.2, -0.15) is 0 Å². The highest BCUT2D eigenvalue weighted by Gasteiger charge is 2.48. The highest BCUT2D eigenvalue weighted by Crippen LogP contribution is 2.49. The molecule has 0 aliphatic heterocycles. The Morgan fingerprint density at radius 3 is 2.65 bits per heavy atom. The Balaban J connectivity index is 1.28. The lowest BCUT2D eigenvalue weighted by molar-refractivity contribution is -0.134. The first-order chi connectivity index (χ1) is 14.9. The van der Waals surface area contributed by atoms with Crippen molar-refractivity contribution < 1.29 is 19.0 Å². The van der Waals surface area contributed by atoms with Crippen LogP contribution in [0.2, 0.25) is 5.02 Å².